The van der Waals surface area contributed by atoms with Crippen molar-refractivity contribution in [3.63, 3.8) is 0 Å². The summed E-state index contributed by atoms with van der Waals surface area (Å²) in [5.41, 5.74) is 9.60. The molecule has 1 aromatic heterocycles. The minimum atomic E-state index is -0.447. The van der Waals surface area contributed by atoms with Gasteiger partial charge in [0.25, 0.3) is 0 Å². The average Bonchev–Trinajstić information content (AvgIpc) is 2.76. The lowest BCUT2D eigenvalue weighted by Gasteiger charge is -2.40. The van der Waals surface area contributed by atoms with Crippen LogP contribution in [-0.2, 0) is 16.1 Å². The predicted octanol–water partition coefficient (Wildman–Crippen LogP) is 3.76. The van der Waals surface area contributed by atoms with Gasteiger partial charge >= 0.3 is 6.09 Å². The molecule has 0 fully saturated rings. The number of aromatic nitrogens is 1. The minimum absolute atomic E-state index is 0.0870. The standard InChI is InChI=1S/C24H29N5O3/c1-16(2)32-24(31)28-15-17(3)29(18(4)30)22-8-7-20(10-23(22)28)21(11-25)14-27-13-19-6-5-9-26-12-19/h5-12,14,16-17H,13,15,25H2,1-4H3/b21-11+,27-14?/t17-/m0/s1. The third kappa shape index (κ3) is 5.14. The summed E-state index contributed by atoms with van der Waals surface area (Å²) in [6.07, 6.45) is 5.94. The molecule has 8 heteroatoms. The highest BCUT2D eigenvalue weighted by Gasteiger charge is 2.34. The number of carbonyl (C=O) groups is 2. The first-order chi connectivity index (χ1) is 15.3. The summed E-state index contributed by atoms with van der Waals surface area (Å²) < 4.78 is 5.44. The number of carbonyl (C=O) groups excluding carboxylic acids is 2. The molecule has 2 aromatic rings. The lowest BCUT2D eigenvalue weighted by molar-refractivity contribution is -0.117. The number of hydrogen-bond donors (Lipinski definition) is 1. The van der Waals surface area contributed by atoms with Gasteiger partial charge in [0.15, 0.2) is 0 Å². The van der Waals surface area contributed by atoms with Gasteiger partial charge in [-0.25, -0.2) is 4.79 Å². The second-order valence-corrected chi connectivity index (χ2v) is 7.94. The topological polar surface area (TPSA) is 101 Å². The Hall–Kier alpha value is -3.68. The lowest BCUT2D eigenvalue weighted by Crippen LogP contribution is -2.51. The number of aliphatic imine (C=N–C) groups is 1. The number of amides is 2. The summed E-state index contributed by atoms with van der Waals surface area (Å²) in [7, 11) is 0. The Balaban J connectivity index is 1.95. The van der Waals surface area contributed by atoms with Crippen LogP contribution < -0.4 is 15.5 Å². The van der Waals surface area contributed by atoms with Gasteiger partial charge in [0.05, 0.1) is 30.1 Å². The monoisotopic (exact) mass is 435 g/mol. The van der Waals surface area contributed by atoms with E-state index >= 15 is 0 Å². The van der Waals surface area contributed by atoms with Gasteiger partial charge in [-0.05, 0) is 50.1 Å². The van der Waals surface area contributed by atoms with Crippen LogP contribution in [0.3, 0.4) is 0 Å². The van der Waals surface area contributed by atoms with E-state index in [1.165, 1.54) is 13.1 Å². The van der Waals surface area contributed by atoms with Crippen molar-refractivity contribution in [2.75, 3.05) is 16.3 Å². The van der Waals surface area contributed by atoms with Crippen LogP contribution in [0.5, 0.6) is 0 Å². The predicted molar refractivity (Wildman–Crippen MR) is 127 cm³/mol. The van der Waals surface area contributed by atoms with E-state index in [9.17, 15) is 9.59 Å². The first-order valence-corrected chi connectivity index (χ1v) is 10.5. The molecule has 0 saturated carbocycles. The number of rotatable bonds is 5. The van der Waals surface area contributed by atoms with E-state index in [4.69, 9.17) is 10.5 Å². The van der Waals surface area contributed by atoms with Crippen LogP contribution >= 0.6 is 0 Å². The maximum absolute atomic E-state index is 12.8. The van der Waals surface area contributed by atoms with Crippen LogP contribution in [0.4, 0.5) is 16.2 Å². The maximum Gasteiger partial charge on any atom is 0.414 e. The molecule has 1 atom stereocenters. The number of fused-ring (bicyclic) bond motifs is 1. The summed E-state index contributed by atoms with van der Waals surface area (Å²) in [4.78, 5) is 36.9. The highest BCUT2D eigenvalue weighted by Crippen LogP contribution is 2.38. The van der Waals surface area contributed by atoms with Gasteiger partial charge in [-0.3, -0.25) is 19.7 Å². The second-order valence-electron chi connectivity index (χ2n) is 7.94. The number of nitrogens with two attached hydrogens (primary N) is 1. The summed E-state index contributed by atoms with van der Waals surface area (Å²) in [6.45, 7) is 7.84. The Bertz CT molecular complexity index is 1030. The average molecular weight is 436 g/mol. The molecule has 0 radical (unpaired) electrons. The summed E-state index contributed by atoms with van der Waals surface area (Å²) >= 11 is 0. The summed E-state index contributed by atoms with van der Waals surface area (Å²) in [6, 6.07) is 9.17. The van der Waals surface area contributed by atoms with E-state index < -0.39 is 6.09 Å². The van der Waals surface area contributed by atoms with Gasteiger partial charge in [0.1, 0.15) is 0 Å². The summed E-state index contributed by atoms with van der Waals surface area (Å²) in [5.74, 6) is -0.0870. The van der Waals surface area contributed by atoms with Gasteiger partial charge in [-0.1, -0.05) is 12.1 Å². The van der Waals surface area contributed by atoms with E-state index in [0.717, 1.165) is 11.1 Å². The van der Waals surface area contributed by atoms with Crippen molar-refractivity contribution >= 4 is 35.2 Å². The first kappa shape index (κ1) is 23.0. The first-order valence-electron chi connectivity index (χ1n) is 10.5. The van der Waals surface area contributed by atoms with Crippen molar-refractivity contribution in [2.24, 2.45) is 10.7 Å². The molecule has 1 aliphatic rings. The zero-order valence-corrected chi connectivity index (χ0v) is 18.9. The Kier molecular flexibility index (Phi) is 7.25. The fraction of sp³-hybridized carbons (Fsp3) is 0.333. The molecule has 0 unspecified atom stereocenters. The fourth-order valence-corrected chi connectivity index (χ4v) is 3.68. The van der Waals surface area contributed by atoms with Crippen LogP contribution in [0.1, 0.15) is 38.8 Å². The van der Waals surface area contributed by atoms with Crippen molar-refractivity contribution in [1.29, 1.82) is 0 Å². The lowest BCUT2D eigenvalue weighted by atomic mass is 10.0. The molecule has 0 aliphatic carbocycles. The zero-order valence-electron chi connectivity index (χ0n) is 18.9. The molecule has 1 aromatic carbocycles. The molecule has 168 valence electrons. The third-order valence-corrected chi connectivity index (χ3v) is 5.05. The van der Waals surface area contributed by atoms with Crippen molar-refractivity contribution in [3.8, 4) is 0 Å². The van der Waals surface area contributed by atoms with E-state index in [0.29, 0.717) is 30.0 Å². The molecular weight excluding hydrogens is 406 g/mol. The van der Waals surface area contributed by atoms with E-state index in [2.05, 4.69) is 9.98 Å². The van der Waals surface area contributed by atoms with Crippen LogP contribution in [0.2, 0.25) is 0 Å². The highest BCUT2D eigenvalue weighted by molar-refractivity contribution is 6.11. The largest absolute Gasteiger partial charge is 0.446 e. The van der Waals surface area contributed by atoms with Crippen molar-refractivity contribution in [2.45, 2.75) is 46.4 Å². The van der Waals surface area contributed by atoms with Crippen LogP contribution in [0.15, 0.2) is 53.9 Å². The van der Waals surface area contributed by atoms with Crippen molar-refractivity contribution < 1.29 is 14.3 Å². The Morgan fingerprint density at radius 1 is 1.31 bits per heavy atom. The molecule has 2 heterocycles. The SMILES string of the molecule is CC(=O)N1c2ccc(/C(C=NCc3cccnc3)=C/N)cc2N(C(=O)OC(C)C)C[C@@H]1C. The van der Waals surface area contributed by atoms with Gasteiger partial charge in [-0.15, -0.1) is 0 Å². The third-order valence-electron chi connectivity index (χ3n) is 5.05. The quantitative estimate of drug-likeness (QED) is 0.721. The van der Waals surface area contributed by atoms with Gasteiger partial charge in [0, 0.05) is 43.8 Å². The van der Waals surface area contributed by atoms with Gasteiger partial charge in [0.2, 0.25) is 5.91 Å². The smallest absolute Gasteiger partial charge is 0.414 e. The van der Waals surface area contributed by atoms with Crippen LogP contribution in [0, 0.1) is 0 Å². The Morgan fingerprint density at radius 2 is 2.09 bits per heavy atom. The van der Waals surface area contributed by atoms with Crippen molar-refractivity contribution in [1.82, 2.24) is 4.98 Å². The number of hydrogen-bond acceptors (Lipinski definition) is 6. The molecule has 0 spiro atoms. The number of allylic oxidation sites excluding steroid dienone is 1. The molecule has 2 amide bonds. The van der Waals surface area contributed by atoms with Gasteiger partial charge in [-0.2, -0.15) is 0 Å². The molecular formula is C24H29N5O3. The van der Waals surface area contributed by atoms with Gasteiger partial charge < -0.3 is 15.4 Å². The fourth-order valence-electron chi connectivity index (χ4n) is 3.68. The van der Waals surface area contributed by atoms with Crippen LogP contribution in [0.25, 0.3) is 5.57 Å². The maximum atomic E-state index is 12.8. The van der Waals surface area contributed by atoms with E-state index in [-0.39, 0.29) is 18.1 Å². The Morgan fingerprint density at radius 3 is 2.72 bits per heavy atom. The second kappa shape index (κ2) is 10.1. The number of pyridine rings is 1. The molecule has 1 aliphatic heterocycles. The number of benzene rings is 1. The number of nitrogens with zero attached hydrogens (tertiary/aromatic N) is 4. The normalized spacial score (nSPS) is 16.4. The zero-order chi connectivity index (χ0) is 23.3. The molecule has 2 N–H and O–H groups in total. The molecule has 32 heavy (non-hydrogen) atoms. The number of anilines is 2. The van der Waals surface area contributed by atoms with E-state index in [1.54, 1.807) is 42.3 Å². The number of ether oxygens (including phenoxy) is 1. The molecule has 3 rings (SSSR count). The van der Waals surface area contributed by atoms with Crippen molar-refractivity contribution in [3.05, 3.63) is 60.1 Å². The Labute approximate surface area is 188 Å². The van der Waals surface area contributed by atoms with Crippen LogP contribution in [-0.4, -0.2) is 41.9 Å². The van der Waals surface area contributed by atoms with E-state index in [1.807, 2.05) is 37.3 Å². The molecule has 0 saturated heterocycles. The minimum Gasteiger partial charge on any atom is -0.446 e. The molecule has 8 nitrogen and oxygen atoms in total. The summed E-state index contributed by atoms with van der Waals surface area (Å²) in [5, 5.41) is 0. The highest BCUT2D eigenvalue weighted by atomic mass is 16.6. The molecule has 0 bridgehead atoms.